The first-order valence-electron chi connectivity index (χ1n) is 8.35. The maximum atomic E-state index is 12.2. The lowest BCUT2D eigenvalue weighted by molar-refractivity contribution is -0.122. The molecule has 1 unspecified atom stereocenters. The van der Waals surface area contributed by atoms with Gasteiger partial charge in [0, 0.05) is 19.0 Å². The number of carbonyl (C=O) groups excluding carboxylic acids is 1. The molecule has 1 aliphatic carbocycles. The van der Waals surface area contributed by atoms with Gasteiger partial charge < -0.3 is 15.8 Å². The monoisotopic (exact) mass is 304 g/mol. The minimum Gasteiger partial charge on any atom is -0.497 e. The Labute approximate surface area is 133 Å². The Morgan fingerprint density at radius 3 is 2.55 bits per heavy atom. The molecule has 1 atom stereocenters. The van der Waals surface area contributed by atoms with Gasteiger partial charge >= 0.3 is 0 Å². The molecule has 1 aromatic carbocycles. The fourth-order valence-electron chi connectivity index (χ4n) is 3.23. The van der Waals surface area contributed by atoms with E-state index in [1.807, 2.05) is 24.3 Å². The third kappa shape index (κ3) is 5.02. The van der Waals surface area contributed by atoms with Gasteiger partial charge in [-0.2, -0.15) is 0 Å². The number of carbonyl (C=O) groups is 1. The van der Waals surface area contributed by atoms with Gasteiger partial charge in [-0.3, -0.25) is 4.79 Å². The average Bonchev–Trinajstić information content (AvgIpc) is 2.59. The van der Waals surface area contributed by atoms with Crippen molar-refractivity contribution in [1.82, 2.24) is 5.32 Å². The molecule has 0 saturated heterocycles. The third-order valence-electron chi connectivity index (χ3n) is 4.62. The lowest BCUT2D eigenvalue weighted by atomic mass is 9.84. The fraction of sp³-hybridized carbons (Fsp3) is 0.611. The van der Waals surface area contributed by atoms with Crippen LogP contribution >= 0.6 is 0 Å². The van der Waals surface area contributed by atoms with Crippen LogP contribution in [0.25, 0.3) is 0 Å². The average molecular weight is 304 g/mol. The Kier molecular flexibility index (Phi) is 6.72. The van der Waals surface area contributed by atoms with Crippen LogP contribution in [-0.4, -0.2) is 25.6 Å². The second-order valence-corrected chi connectivity index (χ2v) is 6.16. The fourth-order valence-corrected chi connectivity index (χ4v) is 3.23. The summed E-state index contributed by atoms with van der Waals surface area (Å²) in [7, 11) is 1.65. The number of rotatable bonds is 7. The van der Waals surface area contributed by atoms with Crippen LogP contribution in [0.4, 0.5) is 0 Å². The SMILES string of the molecule is COc1ccc(CCC(=O)NC(CN)C2CCCCC2)cc1. The quantitative estimate of drug-likeness (QED) is 0.814. The van der Waals surface area contributed by atoms with Crippen molar-refractivity contribution < 1.29 is 9.53 Å². The zero-order chi connectivity index (χ0) is 15.8. The lowest BCUT2D eigenvalue weighted by Crippen LogP contribution is -2.45. The molecule has 0 spiro atoms. The molecule has 1 saturated carbocycles. The Hall–Kier alpha value is -1.55. The van der Waals surface area contributed by atoms with E-state index in [0.29, 0.717) is 18.9 Å². The summed E-state index contributed by atoms with van der Waals surface area (Å²) in [5.74, 6) is 1.51. The molecule has 0 heterocycles. The van der Waals surface area contributed by atoms with Gasteiger partial charge in [0.05, 0.1) is 7.11 Å². The van der Waals surface area contributed by atoms with Gasteiger partial charge in [-0.25, -0.2) is 0 Å². The molecular weight excluding hydrogens is 276 g/mol. The summed E-state index contributed by atoms with van der Waals surface area (Å²) in [5.41, 5.74) is 7.01. The number of nitrogens with two attached hydrogens (primary N) is 1. The number of nitrogens with one attached hydrogen (secondary N) is 1. The van der Waals surface area contributed by atoms with E-state index in [1.165, 1.54) is 32.1 Å². The smallest absolute Gasteiger partial charge is 0.220 e. The number of amides is 1. The van der Waals surface area contributed by atoms with Crippen LogP contribution in [0.5, 0.6) is 5.75 Å². The molecule has 3 N–H and O–H groups in total. The van der Waals surface area contributed by atoms with E-state index in [9.17, 15) is 4.79 Å². The number of hydrogen-bond acceptors (Lipinski definition) is 3. The Morgan fingerprint density at radius 1 is 1.27 bits per heavy atom. The van der Waals surface area contributed by atoms with Gasteiger partial charge in [0.25, 0.3) is 0 Å². The van der Waals surface area contributed by atoms with E-state index in [-0.39, 0.29) is 11.9 Å². The minimum atomic E-state index is 0.108. The van der Waals surface area contributed by atoms with Crippen molar-refractivity contribution in [2.45, 2.75) is 51.0 Å². The third-order valence-corrected chi connectivity index (χ3v) is 4.62. The highest BCUT2D eigenvalue weighted by Crippen LogP contribution is 2.26. The minimum absolute atomic E-state index is 0.108. The van der Waals surface area contributed by atoms with Crippen LogP contribution in [0.3, 0.4) is 0 Å². The molecule has 1 aliphatic rings. The lowest BCUT2D eigenvalue weighted by Gasteiger charge is -2.30. The van der Waals surface area contributed by atoms with Gasteiger partial charge in [0.15, 0.2) is 0 Å². The van der Waals surface area contributed by atoms with Crippen molar-refractivity contribution >= 4 is 5.91 Å². The summed E-state index contributed by atoms with van der Waals surface area (Å²) < 4.78 is 5.14. The maximum absolute atomic E-state index is 12.2. The topological polar surface area (TPSA) is 64.3 Å². The Morgan fingerprint density at radius 2 is 1.95 bits per heavy atom. The highest BCUT2D eigenvalue weighted by molar-refractivity contribution is 5.76. The molecule has 0 radical (unpaired) electrons. The summed E-state index contributed by atoms with van der Waals surface area (Å²) in [4.78, 5) is 12.2. The molecule has 4 nitrogen and oxygen atoms in total. The maximum Gasteiger partial charge on any atom is 0.220 e. The second-order valence-electron chi connectivity index (χ2n) is 6.16. The van der Waals surface area contributed by atoms with Crippen LogP contribution < -0.4 is 15.8 Å². The Balaban J connectivity index is 1.77. The molecular formula is C18H28N2O2. The van der Waals surface area contributed by atoms with Crippen LogP contribution in [0, 0.1) is 5.92 Å². The molecule has 1 aromatic rings. The summed E-state index contributed by atoms with van der Waals surface area (Å²) in [5, 5.41) is 3.14. The zero-order valence-electron chi connectivity index (χ0n) is 13.5. The predicted octanol–water partition coefficient (Wildman–Crippen LogP) is 2.65. The summed E-state index contributed by atoms with van der Waals surface area (Å²) in [6.07, 6.45) is 7.50. The van der Waals surface area contributed by atoms with Crippen molar-refractivity contribution in [2.24, 2.45) is 11.7 Å². The zero-order valence-corrected chi connectivity index (χ0v) is 13.5. The Bertz CT molecular complexity index is 453. The highest BCUT2D eigenvalue weighted by atomic mass is 16.5. The normalized spacial score (nSPS) is 17.0. The molecule has 22 heavy (non-hydrogen) atoms. The summed E-state index contributed by atoms with van der Waals surface area (Å²) in [6.45, 7) is 0.541. The molecule has 0 aromatic heterocycles. The van der Waals surface area contributed by atoms with Crippen molar-refractivity contribution in [3.63, 3.8) is 0 Å². The summed E-state index contributed by atoms with van der Waals surface area (Å²) >= 11 is 0. The highest BCUT2D eigenvalue weighted by Gasteiger charge is 2.23. The van der Waals surface area contributed by atoms with Crippen molar-refractivity contribution in [1.29, 1.82) is 0 Å². The first-order valence-corrected chi connectivity index (χ1v) is 8.35. The number of hydrogen-bond donors (Lipinski definition) is 2. The van der Waals surface area contributed by atoms with Gasteiger partial charge in [-0.1, -0.05) is 31.4 Å². The van der Waals surface area contributed by atoms with Crippen molar-refractivity contribution in [2.75, 3.05) is 13.7 Å². The van der Waals surface area contributed by atoms with Crippen LogP contribution in [0.15, 0.2) is 24.3 Å². The number of methoxy groups -OCH3 is 1. The molecule has 1 amide bonds. The van der Waals surface area contributed by atoms with E-state index >= 15 is 0 Å². The molecule has 122 valence electrons. The molecule has 0 bridgehead atoms. The molecule has 2 rings (SSSR count). The van der Waals surface area contributed by atoms with E-state index < -0.39 is 0 Å². The first-order chi connectivity index (χ1) is 10.7. The van der Waals surface area contributed by atoms with E-state index in [0.717, 1.165) is 17.7 Å². The van der Waals surface area contributed by atoms with Gasteiger partial charge in [0.2, 0.25) is 5.91 Å². The van der Waals surface area contributed by atoms with Crippen molar-refractivity contribution in [3.8, 4) is 5.75 Å². The van der Waals surface area contributed by atoms with E-state index in [4.69, 9.17) is 10.5 Å². The molecule has 1 fully saturated rings. The first kappa shape index (κ1) is 16.8. The van der Waals surface area contributed by atoms with Crippen molar-refractivity contribution in [3.05, 3.63) is 29.8 Å². The number of benzene rings is 1. The molecule has 0 aliphatic heterocycles. The second kappa shape index (κ2) is 8.79. The number of aryl methyl sites for hydroxylation is 1. The van der Waals surface area contributed by atoms with Crippen LogP contribution in [0.2, 0.25) is 0 Å². The largest absolute Gasteiger partial charge is 0.497 e. The van der Waals surface area contributed by atoms with Gasteiger partial charge in [0.1, 0.15) is 5.75 Å². The van der Waals surface area contributed by atoms with Gasteiger partial charge in [-0.15, -0.1) is 0 Å². The predicted molar refractivity (Wildman–Crippen MR) is 88.9 cm³/mol. The van der Waals surface area contributed by atoms with Crippen LogP contribution in [-0.2, 0) is 11.2 Å². The van der Waals surface area contributed by atoms with E-state index in [1.54, 1.807) is 7.11 Å². The van der Waals surface area contributed by atoms with Gasteiger partial charge in [-0.05, 0) is 42.9 Å². The number of ether oxygens (including phenoxy) is 1. The van der Waals surface area contributed by atoms with Crippen LogP contribution in [0.1, 0.15) is 44.1 Å². The molecule has 4 heteroatoms. The van der Waals surface area contributed by atoms with E-state index in [2.05, 4.69) is 5.32 Å². The standard InChI is InChI=1S/C18H28N2O2/c1-22-16-10-7-14(8-11-16)9-12-18(21)20-17(13-19)15-5-3-2-4-6-15/h7-8,10-11,15,17H,2-6,9,12-13,19H2,1H3,(H,20,21). The summed E-state index contributed by atoms with van der Waals surface area (Å²) in [6, 6.07) is 8.01.